The monoisotopic (exact) mass is 493 g/mol. The van der Waals surface area contributed by atoms with Crippen LogP contribution in [0.25, 0.3) is 27.8 Å². The van der Waals surface area contributed by atoms with Crippen molar-refractivity contribution in [3.63, 3.8) is 0 Å². The van der Waals surface area contributed by atoms with Gasteiger partial charge in [0.15, 0.2) is 5.65 Å². The second kappa shape index (κ2) is 8.36. The Morgan fingerprint density at radius 1 is 1.08 bits per heavy atom. The van der Waals surface area contributed by atoms with Crippen molar-refractivity contribution in [2.45, 2.75) is 26.1 Å². The summed E-state index contributed by atoms with van der Waals surface area (Å²) in [4.78, 5) is 25.5. The van der Waals surface area contributed by atoms with Gasteiger partial charge in [0.05, 0.1) is 17.0 Å². The Labute approximate surface area is 203 Å². The number of nitrogen functional groups attached to an aromatic ring is 1. The van der Waals surface area contributed by atoms with E-state index in [0.717, 1.165) is 23.3 Å². The predicted molar refractivity (Wildman–Crippen MR) is 132 cm³/mol. The topological polar surface area (TPSA) is 103 Å². The van der Waals surface area contributed by atoms with Gasteiger partial charge in [-0.3, -0.25) is 9.20 Å². The third kappa shape index (κ3) is 4.12. The van der Waals surface area contributed by atoms with E-state index >= 15 is 0 Å². The lowest BCUT2D eigenvalue weighted by Gasteiger charge is -2.19. The van der Waals surface area contributed by atoms with Crippen LogP contribution in [-0.4, -0.2) is 23.9 Å². The van der Waals surface area contributed by atoms with E-state index in [9.17, 15) is 18.0 Å². The molecule has 0 amide bonds. The molecule has 0 aliphatic carbocycles. The van der Waals surface area contributed by atoms with Gasteiger partial charge in [0.2, 0.25) is 5.56 Å². The van der Waals surface area contributed by atoms with Crippen molar-refractivity contribution in [3.8, 4) is 11.1 Å². The Kier molecular flexibility index (Phi) is 5.42. The lowest BCUT2D eigenvalue weighted by molar-refractivity contribution is -0.137. The predicted octanol–water partition coefficient (Wildman–Crippen LogP) is 4.73. The number of alkyl halides is 3. The van der Waals surface area contributed by atoms with Crippen LogP contribution in [-0.2, 0) is 13.2 Å². The number of anilines is 2. The summed E-state index contributed by atoms with van der Waals surface area (Å²) in [7, 11) is 1.66. The zero-order chi connectivity index (χ0) is 25.8. The minimum absolute atomic E-state index is 0.0225. The highest BCUT2D eigenvalue weighted by atomic mass is 19.4. The summed E-state index contributed by atoms with van der Waals surface area (Å²) in [6.45, 7) is 3.48. The van der Waals surface area contributed by atoms with Crippen molar-refractivity contribution < 1.29 is 13.2 Å². The molecule has 4 heterocycles. The average Bonchev–Trinajstić information content (AvgIpc) is 3.30. The van der Waals surface area contributed by atoms with E-state index in [1.165, 1.54) is 16.7 Å². The average molecular weight is 493 g/mol. The van der Waals surface area contributed by atoms with Crippen LogP contribution in [0.4, 0.5) is 24.7 Å². The van der Waals surface area contributed by atoms with Crippen molar-refractivity contribution in [2.75, 3.05) is 11.1 Å². The molecule has 0 radical (unpaired) electrons. The number of aromatic nitrogens is 5. The summed E-state index contributed by atoms with van der Waals surface area (Å²) in [5, 5.41) is 3.88. The van der Waals surface area contributed by atoms with Crippen molar-refractivity contribution in [2.24, 2.45) is 7.05 Å². The Balaban J connectivity index is 1.67. The number of halogens is 3. The Morgan fingerprint density at radius 2 is 1.86 bits per heavy atom. The number of hydrogen-bond donors (Lipinski definition) is 2. The first-order valence-electron chi connectivity index (χ1n) is 11.1. The fourth-order valence-corrected chi connectivity index (χ4v) is 4.22. The maximum absolute atomic E-state index is 13.3. The third-order valence-electron chi connectivity index (χ3n) is 5.99. The maximum Gasteiger partial charge on any atom is 0.416 e. The number of aryl methyl sites for hydroxylation is 2. The van der Waals surface area contributed by atoms with E-state index in [-0.39, 0.29) is 11.2 Å². The second-order valence-corrected chi connectivity index (χ2v) is 8.65. The van der Waals surface area contributed by atoms with Gasteiger partial charge in [-0.1, -0.05) is 0 Å². The van der Waals surface area contributed by atoms with Crippen LogP contribution in [0.1, 0.15) is 29.9 Å². The van der Waals surface area contributed by atoms with Crippen molar-refractivity contribution in [1.82, 2.24) is 23.9 Å². The van der Waals surface area contributed by atoms with Crippen LogP contribution >= 0.6 is 0 Å². The number of nitrogens with two attached hydrogens (primary N) is 1. The van der Waals surface area contributed by atoms with Gasteiger partial charge >= 0.3 is 6.18 Å². The van der Waals surface area contributed by atoms with E-state index in [2.05, 4.69) is 20.3 Å². The van der Waals surface area contributed by atoms with Crippen molar-refractivity contribution >= 4 is 28.2 Å². The van der Waals surface area contributed by atoms with Crippen LogP contribution in [0.2, 0.25) is 0 Å². The van der Waals surface area contributed by atoms with E-state index in [0.29, 0.717) is 33.9 Å². The molecule has 5 aromatic rings. The minimum Gasteiger partial charge on any atom is -0.399 e. The summed E-state index contributed by atoms with van der Waals surface area (Å²) in [6, 6.07) is 8.01. The van der Waals surface area contributed by atoms with Gasteiger partial charge in [-0.25, -0.2) is 15.0 Å². The highest BCUT2D eigenvalue weighted by molar-refractivity contribution is 5.95. The Morgan fingerprint density at radius 3 is 2.58 bits per heavy atom. The molecule has 0 spiro atoms. The second-order valence-electron chi connectivity index (χ2n) is 8.65. The van der Waals surface area contributed by atoms with Gasteiger partial charge in [-0.05, 0) is 49.7 Å². The molecule has 184 valence electrons. The lowest BCUT2D eigenvalue weighted by Crippen LogP contribution is -2.14. The molecule has 5 rings (SSSR count). The Bertz CT molecular complexity index is 1690. The van der Waals surface area contributed by atoms with Gasteiger partial charge in [0.1, 0.15) is 17.3 Å². The maximum atomic E-state index is 13.3. The van der Waals surface area contributed by atoms with Crippen LogP contribution < -0.4 is 16.6 Å². The SMILES string of the molecule is Cc1nc(N[C@H](C)c2cc(N)cc(C(F)(F)F)c2)c2cc(-c3ccc(=O)n(C)c3)c3nccn3c2n1. The smallest absolute Gasteiger partial charge is 0.399 e. The molecular formula is C25H22F3N7O. The molecule has 36 heavy (non-hydrogen) atoms. The van der Waals surface area contributed by atoms with Gasteiger partial charge < -0.3 is 15.6 Å². The van der Waals surface area contributed by atoms with Gasteiger partial charge in [-0.15, -0.1) is 0 Å². The Hall–Kier alpha value is -4.41. The molecule has 0 saturated carbocycles. The first-order chi connectivity index (χ1) is 17.0. The zero-order valence-corrected chi connectivity index (χ0v) is 19.6. The van der Waals surface area contributed by atoms with E-state index in [1.54, 1.807) is 45.6 Å². The van der Waals surface area contributed by atoms with Crippen molar-refractivity contribution in [3.05, 3.63) is 82.3 Å². The molecular weight excluding hydrogens is 471 g/mol. The van der Waals surface area contributed by atoms with E-state index in [1.807, 2.05) is 10.5 Å². The molecule has 0 unspecified atom stereocenters. The van der Waals surface area contributed by atoms with E-state index < -0.39 is 17.8 Å². The molecule has 3 N–H and O–H groups in total. The fourth-order valence-electron chi connectivity index (χ4n) is 4.22. The largest absolute Gasteiger partial charge is 0.416 e. The van der Waals surface area contributed by atoms with Gasteiger partial charge in [0, 0.05) is 48.5 Å². The number of nitrogens with zero attached hydrogens (tertiary/aromatic N) is 5. The van der Waals surface area contributed by atoms with Crippen LogP contribution in [0.15, 0.2) is 59.8 Å². The molecule has 0 bridgehead atoms. The lowest BCUT2D eigenvalue weighted by atomic mass is 10.0. The number of rotatable bonds is 4. The summed E-state index contributed by atoms with van der Waals surface area (Å²) in [5.74, 6) is 0.924. The molecule has 0 saturated heterocycles. The van der Waals surface area contributed by atoms with E-state index in [4.69, 9.17) is 5.73 Å². The number of fused-ring (bicyclic) bond motifs is 3. The number of nitrogens with one attached hydrogen (secondary N) is 1. The van der Waals surface area contributed by atoms with Crippen LogP contribution in [0.3, 0.4) is 0 Å². The van der Waals surface area contributed by atoms with Gasteiger partial charge in [-0.2, -0.15) is 13.2 Å². The number of hydrogen-bond acceptors (Lipinski definition) is 6. The number of pyridine rings is 2. The standard InChI is InChI=1S/C25H22F3N7O/c1-13(16-8-17(25(26,27)28)10-18(29)9-16)31-22-20-11-19(15-4-5-21(36)34(3)12-15)23-30-6-7-35(23)24(20)33-14(2)32-22/h4-13H,29H2,1-3H3,(H,31,32,33)/t13-/m1/s1. The number of benzene rings is 1. The molecule has 1 atom stereocenters. The fraction of sp³-hybridized carbons (Fsp3) is 0.200. The van der Waals surface area contributed by atoms with Crippen LogP contribution in [0, 0.1) is 6.92 Å². The summed E-state index contributed by atoms with van der Waals surface area (Å²) in [5.41, 5.74) is 7.94. The summed E-state index contributed by atoms with van der Waals surface area (Å²) >= 11 is 0. The molecule has 8 nitrogen and oxygen atoms in total. The van der Waals surface area contributed by atoms with Crippen molar-refractivity contribution in [1.29, 1.82) is 0 Å². The molecule has 4 aromatic heterocycles. The van der Waals surface area contributed by atoms with Crippen LogP contribution in [0.5, 0.6) is 0 Å². The normalized spacial score (nSPS) is 12.8. The molecule has 0 fully saturated rings. The minimum atomic E-state index is -4.51. The quantitative estimate of drug-likeness (QED) is 0.351. The summed E-state index contributed by atoms with van der Waals surface area (Å²) < 4.78 is 43.3. The first-order valence-corrected chi connectivity index (χ1v) is 11.1. The molecule has 0 aliphatic rings. The highest BCUT2D eigenvalue weighted by Gasteiger charge is 2.31. The molecule has 11 heteroatoms. The summed E-state index contributed by atoms with van der Waals surface area (Å²) in [6.07, 6.45) is 0.628. The molecule has 0 aliphatic heterocycles. The number of imidazole rings is 1. The third-order valence-corrected chi connectivity index (χ3v) is 5.99. The molecule has 1 aromatic carbocycles. The highest BCUT2D eigenvalue weighted by Crippen LogP contribution is 2.35. The zero-order valence-electron chi connectivity index (χ0n) is 19.6. The van der Waals surface area contributed by atoms with Gasteiger partial charge in [0.25, 0.3) is 0 Å². The first kappa shape index (κ1) is 23.3.